The predicted octanol–water partition coefficient (Wildman–Crippen LogP) is 0.810. The van der Waals surface area contributed by atoms with Gasteiger partial charge in [0.1, 0.15) is 0 Å². The molecule has 2 N–H and O–H groups in total. The molecule has 0 radical (unpaired) electrons. The summed E-state index contributed by atoms with van der Waals surface area (Å²) in [6.07, 6.45) is 6.86. The number of hydrogen-bond donors (Lipinski definition) is 1. The summed E-state index contributed by atoms with van der Waals surface area (Å²) in [5, 5.41) is 0. The largest absolute Gasteiger partial charge is 0.342 e. The highest BCUT2D eigenvalue weighted by molar-refractivity contribution is 5.81. The molecule has 3 rings (SSSR count). The maximum absolute atomic E-state index is 12.0. The zero-order valence-corrected chi connectivity index (χ0v) is 11.2. The second-order valence-corrected chi connectivity index (χ2v) is 6.20. The molecular weight excluding hydrogens is 226 g/mol. The summed E-state index contributed by atoms with van der Waals surface area (Å²) in [4.78, 5) is 16.7. The van der Waals surface area contributed by atoms with Crippen LogP contribution in [0.1, 0.15) is 38.5 Å². The molecule has 2 aliphatic heterocycles. The molecule has 1 amide bonds. The van der Waals surface area contributed by atoms with Gasteiger partial charge in [0.25, 0.3) is 0 Å². The molecule has 0 bridgehead atoms. The maximum atomic E-state index is 12.0. The molecule has 1 aliphatic carbocycles. The molecule has 18 heavy (non-hydrogen) atoms. The van der Waals surface area contributed by atoms with Gasteiger partial charge in [-0.15, -0.1) is 0 Å². The lowest BCUT2D eigenvalue weighted by atomic mass is 9.98. The minimum atomic E-state index is 0.384. The average molecular weight is 251 g/mol. The first-order valence-corrected chi connectivity index (χ1v) is 7.52. The van der Waals surface area contributed by atoms with E-state index in [9.17, 15) is 4.79 Å². The summed E-state index contributed by atoms with van der Waals surface area (Å²) in [5.74, 6) is 0.809. The van der Waals surface area contributed by atoms with Gasteiger partial charge in [-0.05, 0) is 51.6 Å². The Morgan fingerprint density at radius 2 is 1.50 bits per heavy atom. The fraction of sp³-hybridized carbons (Fsp3) is 0.929. The number of hydrogen-bond acceptors (Lipinski definition) is 3. The molecular formula is C14H25N3O. The number of rotatable bonds is 2. The summed E-state index contributed by atoms with van der Waals surface area (Å²) in [6, 6.07) is 1.11. The molecule has 3 aliphatic rings. The van der Waals surface area contributed by atoms with Gasteiger partial charge in [-0.1, -0.05) is 0 Å². The molecule has 0 aromatic rings. The van der Waals surface area contributed by atoms with E-state index in [0.29, 0.717) is 23.9 Å². The van der Waals surface area contributed by atoms with E-state index in [-0.39, 0.29) is 0 Å². The van der Waals surface area contributed by atoms with Gasteiger partial charge in [0.05, 0.1) is 0 Å². The predicted molar refractivity (Wildman–Crippen MR) is 71.1 cm³/mol. The molecule has 4 nitrogen and oxygen atoms in total. The van der Waals surface area contributed by atoms with Crippen molar-refractivity contribution < 1.29 is 4.79 Å². The third-order valence-corrected chi connectivity index (χ3v) is 4.79. The third-order valence-electron chi connectivity index (χ3n) is 4.79. The smallest absolute Gasteiger partial charge is 0.225 e. The quantitative estimate of drug-likeness (QED) is 0.790. The van der Waals surface area contributed by atoms with Crippen LogP contribution in [-0.2, 0) is 4.79 Å². The molecule has 4 heteroatoms. The van der Waals surface area contributed by atoms with Crippen LogP contribution in [0.4, 0.5) is 0 Å². The molecule has 0 aromatic carbocycles. The molecule has 0 aromatic heterocycles. The van der Waals surface area contributed by atoms with Gasteiger partial charge in [0.2, 0.25) is 5.91 Å². The lowest BCUT2D eigenvalue weighted by molar-refractivity contribution is -0.134. The van der Waals surface area contributed by atoms with Crippen LogP contribution >= 0.6 is 0 Å². The van der Waals surface area contributed by atoms with Crippen molar-refractivity contribution in [3.8, 4) is 0 Å². The lowest BCUT2D eigenvalue weighted by Gasteiger charge is -2.41. The van der Waals surface area contributed by atoms with E-state index in [1.54, 1.807) is 0 Å². The highest BCUT2D eigenvalue weighted by atomic mass is 16.2. The van der Waals surface area contributed by atoms with Crippen molar-refractivity contribution in [3.63, 3.8) is 0 Å². The Morgan fingerprint density at radius 3 is 2.06 bits per heavy atom. The highest BCUT2D eigenvalue weighted by Gasteiger charge is 2.36. The van der Waals surface area contributed by atoms with Crippen molar-refractivity contribution >= 4 is 5.91 Å². The lowest BCUT2D eigenvalue weighted by Crippen LogP contribution is -2.50. The van der Waals surface area contributed by atoms with E-state index in [0.717, 1.165) is 64.7 Å². The first-order valence-electron chi connectivity index (χ1n) is 7.52. The molecule has 0 unspecified atom stereocenters. The second-order valence-electron chi connectivity index (χ2n) is 6.20. The first-order chi connectivity index (χ1) is 8.74. The summed E-state index contributed by atoms with van der Waals surface area (Å²) < 4.78 is 0. The van der Waals surface area contributed by atoms with Crippen LogP contribution in [0.2, 0.25) is 0 Å². The van der Waals surface area contributed by atoms with Crippen molar-refractivity contribution in [2.45, 2.75) is 50.6 Å². The topological polar surface area (TPSA) is 49.6 Å². The van der Waals surface area contributed by atoms with Gasteiger partial charge in [0, 0.05) is 31.1 Å². The van der Waals surface area contributed by atoms with Crippen molar-refractivity contribution in [1.29, 1.82) is 0 Å². The normalized spacial score (nSPS) is 28.6. The van der Waals surface area contributed by atoms with Crippen LogP contribution in [0.3, 0.4) is 0 Å². The van der Waals surface area contributed by atoms with E-state index >= 15 is 0 Å². The van der Waals surface area contributed by atoms with Gasteiger partial charge in [-0.25, -0.2) is 0 Å². The van der Waals surface area contributed by atoms with E-state index in [1.165, 1.54) is 0 Å². The zero-order valence-electron chi connectivity index (χ0n) is 11.2. The molecule has 2 heterocycles. The van der Waals surface area contributed by atoms with E-state index < -0.39 is 0 Å². The Bertz CT molecular complexity index is 300. The third kappa shape index (κ3) is 2.69. The van der Waals surface area contributed by atoms with Gasteiger partial charge >= 0.3 is 0 Å². The number of nitrogens with zero attached hydrogens (tertiary/aromatic N) is 2. The number of piperidine rings is 2. The standard InChI is InChI=1S/C14H25N3O/c15-12-3-7-16(8-4-12)13-5-9-17(10-6-13)14(18)11-1-2-11/h11-13H,1-10,15H2. The van der Waals surface area contributed by atoms with Crippen molar-refractivity contribution in [2.24, 2.45) is 11.7 Å². The minimum Gasteiger partial charge on any atom is -0.342 e. The number of likely N-dealkylation sites (tertiary alicyclic amines) is 2. The van der Waals surface area contributed by atoms with E-state index in [1.807, 2.05) is 0 Å². The summed E-state index contributed by atoms with van der Waals surface area (Å²) in [6.45, 7) is 4.26. The van der Waals surface area contributed by atoms with Crippen LogP contribution in [0, 0.1) is 5.92 Å². The van der Waals surface area contributed by atoms with Crippen molar-refractivity contribution in [2.75, 3.05) is 26.2 Å². The van der Waals surface area contributed by atoms with Crippen LogP contribution in [-0.4, -0.2) is 54.0 Å². The van der Waals surface area contributed by atoms with Gasteiger partial charge in [0.15, 0.2) is 0 Å². The van der Waals surface area contributed by atoms with E-state index in [2.05, 4.69) is 9.80 Å². The SMILES string of the molecule is NC1CCN(C2CCN(C(=O)C3CC3)CC2)CC1. The van der Waals surface area contributed by atoms with Crippen LogP contribution in [0.25, 0.3) is 0 Å². The van der Waals surface area contributed by atoms with Crippen LogP contribution in [0.5, 0.6) is 0 Å². The Morgan fingerprint density at radius 1 is 0.889 bits per heavy atom. The molecule has 2 saturated heterocycles. The van der Waals surface area contributed by atoms with Crippen LogP contribution in [0.15, 0.2) is 0 Å². The number of nitrogens with two attached hydrogens (primary N) is 1. The molecule has 0 atom stereocenters. The Balaban J connectivity index is 1.46. The Kier molecular flexibility index (Phi) is 3.57. The maximum Gasteiger partial charge on any atom is 0.225 e. The van der Waals surface area contributed by atoms with Gasteiger partial charge < -0.3 is 15.5 Å². The Labute approximate surface area is 109 Å². The molecule has 3 fully saturated rings. The highest BCUT2D eigenvalue weighted by Crippen LogP contribution is 2.32. The number of carbonyl (C=O) groups is 1. The summed E-state index contributed by atoms with van der Waals surface area (Å²) in [5.41, 5.74) is 5.95. The number of amides is 1. The zero-order chi connectivity index (χ0) is 12.5. The average Bonchev–Trinajstić information content (AvgIpc) is 3.23. The molecule has 0 spiro atoms. The summed E-state index contributed by atoms with van der Waals surface area (Å²) in [7, 11) is 0. The van der Waals surface area contributed by atoms with E-state index in [4.69, 9.17) is 5.73 Å². The summed E-state index contributed by atoms with van der Waals surface area (Å²) >= 11 is 0. The Hall–Kier alpha value is -0.610. The van der Waals surface area contributed by atoms with Crippen molar-refractivity contribution in [3.05, 3.63) is 0 Å². The van der Waals surface area contributed by atoms with Gasteiger partial charge in [-0.3, -0.25) is 4.79 Å². The number of carbonyl (C=O) groups excluding carboxylic acids is 1. The first kappa shape index (κ1) is 12.4. The fourth-order valence-electron chi connectivity index (χ4n) is 3.32. The monoisotopic (exact) mass is 251 g/mol. The van der Waals surface area contributed by atoms with Crippen molar-refractivity contribution in [1.82, 2.24) is 9.80 Å². The fourth-order valence-corrected chi connectivity index (χ4v) is 3.32. The molecule has 1 saturated carbocycles. The molecule has 102 valence electrons. The minimum absolute atomic E-state index is 0.384. The van der Waals surface area contributed by atoms with Gasteiger partial charge in [-0.2, -0.15) is 0 Å². The second kappa shape index (κ2) is 5.17. The van der Waals surface area contributed by atoms with Crippen LogP contribution < -0.4 is 5.73 Å².